The van der Waals surface area contributed by atoms with Gasteiger partial charge >= 0.3 is 0 Å². The Morgan fingerprint density at radius 1 is 1.12 bits per heavy atom. The molecule has 1 amide bonds. The van der Waals surface area contributed by atoms with Crippen molar-refractivity contribution in [2.45, 2.75) is 46.1 Å². The maximum atomic E-state index is 12.7. The zero-order chi connectivity index (χ0) is 23.4. The van der Waals surface area contributed by atoms with E-state index < -0.39 is 0 Å². The molecule has 33 heavy (non-hydrogen) atoms. The van der Waals surface area contributed by atoms with E-state index in [0.717, 1.165) is 50.0 Å². The summed E-state index contributed by atoms with van der Waals surface area (Å²) in [6.45, 7) is 9.14. The number of nitrogens with one attached hydrogen (secondary N) is 1. The molecule has 2 heterocycles. The highest BCUT2D eigenvalue weighted by molar-refractivity contribution is 6.14. The number of hydrogen-bond acceptors (Lipinski definition) is 5. The molecular formula is C27H32N2O4. The fraction of sp³-hybridized carbons (Fsp3) is 0.407. The van der Waals surface area contributed by atoms with Crippen molar-refractivity contribution in [1.82, 2.24) is 10.2 Å². The van der Waals surface area contributed by atoms with Crippen LogP contribution >= 0.6 is 0 Å². The van der Waals surface area contributed by atoms with Crippen LogP contribution in [-0.4, -0.2) is 48.9 Å². The van der Waals surface area contributed by atoms with Crippen LogP contribution in [0.25, 0.3) is 0 Å². The minimum absolute atomic E-state index is 0.00652. The van der Waals surface area contributed by atoms with Gasteiger partial charge in [0.05, 0.1) is 6.61 Å². The lowest BCUT2D eigenvalue weighted by atomic mass is 10.0. The molecule has 1 N–H and O–H groups in total. The Morgan fingerprint density at radius 3 is 2.55 bits per heavy atom. The van der Waals surface area contributed by atoms with Crippen LogP contribution in [0, 0.1) is 6.92 Å². The number of aryl methyl sites for hydroxylation is 1. The Labute approximate surface area is 195 Å². The van der Waals surface area contributed by atoms with Crippen LogP contribution in [0.5, 0.6) is 11.5 Å². The normalized spacial score (nSPS) is 16.3. The molecule has 2 aliphatic heterocycles. The van der Waals surface area contributed by atoms with E-state index in [1.165, 1.54) is 0 Å². The fourth-order valence-corrected chi connectivity index (χ4v) is 4.28. The van der Waals surface area contributed by atoms with Gasteiger partial charge in [-0.3, -0.25) is 9.59 Å². The highest BCUT2D eigenvalue weighted by atomic mass is 16.5. The highest BCUT2D eigenvalue weighted by Crippen LogP contribution is 2.38. The number of hydrogen-bond donors (Lipinski definition) is 1. The average molecular weight is 449 g/mol. The lowest BCUT2D eigenvalue weighted by Gasteiger charge is -2.32. The molecule has 0 atom stereocenters. The number of carbonyl (C=O) groups is 2. The van der Waals surface area contributed by atoms with E-state index in [2.05, 4.69) is 10.2 Å². The predicted molar refractivity (Wildman–Crippen MR) is 128 cm³/mol. The Balaban J connectivity index is 1.20. The van der Waals surface area contributed by atoms with E-state index in [1.807, 2.05) is 57.2 Å². The molecule has 2 aromatic rings. The molecule has 0 spiro atoms. The third kappa shape index (κ3) is 5.45. The number of ketones is 1. The van der Waals surface area contributed by atoms with Crippen molar-refractivity contribution in [3.8, 4) is 11.5 Å². The second-order valence-corrected chi connectivity index (χ2v) is 9.05. The fourth-order valence-electron chi connectivity index (χ4n) is 4.28. The molecule has 0 bridgehead atoms. The van der Waals surface area contributed by atoms with Crippen LogP contribution < -0.4 is 14.8 Å². The summed E-state index contributed by atoms with van der Waals surface area (Å²) in [5.74, 6) is 1.47. The van der Waals surface area contributed by atoms with Gasteiger partial charge in [-0.25, -0.2) is 0 Å². The molecule has 174 valence electrons. The lowest BCUT2D eigenvalue weighted by Crippen LogP contribution is -2.45. The number of ether oxygens (including phenoxy) is 2. The quantitative estimate of drug-likeness (QED) is 0.498. The molecule has 2 aromatic carbocycles. The van der Waals surface area contributed by atoms with E-state index in [9.17, 15) is 9.59 Å². The number of benzene rings is 2. The number of piperidine rings is 1. The van der Waals surface area contributed by atoms with Gasteiger partial charge in [0.1, 0.15) is 17.1 Å². The Morgan fingerprint density at radius 2 is 1.85 bits per heavy atom. The first-order valence-electron chi connectivity index (χ1n) is 11.7. The first-order valence-corrected chi connectivity index (χ1v) is 11.7. The van der Waals surface area contributed by atoms with Crippen molar-refractivity contribution in [1.29, 1.82) is 0 Å². The second-order valence-electron chi connectivity index (χ2n) is 9.05. The van der Waals surface area contributed by atoms with Crippen LogP contribution in [0.15, 0.2) is 53.8 Å². The van der Waals surface area contributed by atoms with E-state index >= 15 is 0 Å². The van der Waals surface area contributed by atoms with E-state index in [0.29, 0.717) is 35.0 Å². The third-order valence-electron chi connectivity index (χ3n) is 6.20. The Bertz CT molecular complexity index is 1050. The minimum atomic E-state index is -0.102. The standard InChI is InChI=1S/C27H32N2O4/c1-18(2)26-25(30)24-22(6-4-7-23(24)33-26)32-17-5-14-29-15-12-21(13-16-29)28-27(31)20-10-8-19(3)9-11-20/h4,6-11,21H,5,12-17H2,1-3H3,(H,28,31). The highest BCUT2D eigenvalue weighted by Gasteiger charge is 2.31. The molecule has 6 heteroatoms. The van der Waals surface area contributed by atoms with Crippen molar-refractivity contribution in [2.75, 3.05) is 26.2 Å². The molecule has 0 aromatic heterocycles. The number of nitrogens with zero attached hydrogens (tertiary/aromatic N) is 1. The van der Waals surface area contributed by atoms with Crippen molar-refractivity contribution < 1.29 is 19.1 Å². The van der Waals surface area contributed by atoms with Gasteiger partial charge in [-0.1, -0.05) is 23.8 Å². The maximum absolute atomic E-state index is 12.7. The van der Waals surface area contributed by atoms with Crippen LogP contribution in [0.4, 0.5) is 0 Å². The Kier molecular flexibility index (Phi) is 7.14. The molecule has 2 aliphatic rings. The van der Waals surface area contributed by atoms with Crippen LogP contribution in [0.1, 0.15) is 59.4 Å². The molecule has 1 saturated heterocycles. The summed E-state index contributed by atoms with van der Waals surface area (Å²) in [5.41, 5.74) is 3.26. The third-order valence-corrected chi connectivity index (χ3v) is 6.20. The van der Waals surface area contributed by atoms with Gasteiger partial charge in [0, 0.05) is 31.2 Å². The topological polar surface area (TPSA) is 67.9 Å². The van der Waals surface area contributed by atoms with E-state index in [4.69, 9.17) is 9.47 Å². The molecule has 6 nitrogen and oxygen atoms in total. The number of amides is 1. The molecule has 0 aliphatic carbocycles. The molecule has 0 unspecified atom stereocenters. The number of carbonyl (C=O) groups excluding carboxylic acids is 2. The number of rotatable bonds is 7. The van der Waals surface area contributed by atoms with Crippen LogP contribution in [0.2, 0.25) is 0 Å². The number of fused-ring (bicyclic) bond motifs is 1. The van der Waals surface area contributed by atoms with E-state index in [1.54, 1.807) is 6.07 Å². The predicted octanol–water partition coefficient (Wildman–Crippen LogP) is 4.53. The first kappa shape index (κ1) is 23.1. The molecular weight excluding hydrogens is 416 g/mol. The van der Waals surface area contributed by atoms with Gasteiger partial charge < -0.3 is 19.7 Å². The molecule has 4 rings (SSSR count). The molecule has 0 radical (unpaired) electrons. The first-order chi connectivity index (χ1) is 15.9. The summed E-state index contributed by atoms with van der Waals surface area (Å²) in [6.07, 6.45) is 2.76. The Hall–Kier alpha value is -3.12. The van der Waals surface area contributed by atoms with E-state index in [-0.39, 0.29) is 17.7 Å². The molecule has 1 fully saturated rings. The van der Waals surface area contributed by atoms with Crippen molar-refractivity contribution in [3.05, 3.63) is 70.5 Å². The smallest absolute Gasteiger partial charge is 0.251 e. The largest absolute Gasteiger partial charge is 0.493 e. The van der Waals surface area contributed by atoms with Crippen molar-refractivity contribution in [3.63, 3.8) is 0 Å². The van der Waals surface area contributed by atoms with Gasteiger partial charge in [-0.2, -0.15) is 0 Å². The van der Waals surface area contributed by atoms with Crippen molar-refractivity contribution in [2.24, 2.45) is 0 Å². The van der Waals surface area contributed by atoms with Gasteiger partial charge in [0.25, 0.3) is 5.91 Å². The summed E-state index contributed by atoms with van der Waals surface area (Å²) >= 11 is 0. The second kappa shape index (κ2) is 10.2. The summed E-state index contributed by atoms with van der Waals surface area (Å²) in [5, 5.41) is 3.17. The van der Waals surface area contributed by atoms with Crippen molar-refractivity contribution >= 4 is 11.7 Å². The lowest BCUT2D eigenvalue weighted by molar-refractivity contribution is 0.0909. The van der Waals surface area contributed by atoms with Gasteiger partial charge in [-0.05, 0) is 69.9 Å². The number of allylic oxidation sites excluding steroid dienone is 2. The minimum Gasteiger partial charge on any atom is -0.493 e. The van der Waals surface area contributed by atoms with Gasteiger partial charge in [-0.15, -0.1) is 0 Å². The zero-order valence-electron chi connectivity index (χ0n) is 19.6. The summed E-state index contributed by atoms with van der Waals surface area (Å²) in [4.78, 5) is 27.5. The SMILES string of the molecule is CC(C)=C1Oc2cccc(OCCCN3CCC(NC(=O)c4ccc(C)cc4)CC3)c2C1=O. The summed E-state index contributed by atoms with van der Waals surface area (Å²) in [7, 11) is 0. The zero-order valence-corrected chi connectivity index (χ0v) is 19.6. The number of likely N-dealkylation sites (tertiary alicyclic amines) is 1. The average Bonchev–Trinajstić information content (AvgIpc) is 3.16. The van der Waals surface area contributed by atoms with Gasteiger partial charge in [0.2, 0.25) is 5.78 Å². The molecule has 0 saturated carbocycles. The summed E-state index contributed by atoms with van der Waals surface area (Å²) in [6, 6.07) is 13.4. The van der Waals surface area contributed by atoms with Crippen LogP contribution in [-0.2, 0) is 0 Å². The van der Waals surface area contributed by atoms with Crippen LogP contribution in [0.3, 0.4) is 0 Å². The monoisotopic (exact) mass is 448 g/mol. The maximum Gasteiger partial charge on any atom is 0.251 e. The summed E-state index contributed by atoms with van der Waals surface area (Å²) < 4.78 is 11.7. The number of Topliss-reactive ketones (excluding diaryl/α,β-unsaturated/α-hetero) is 1. The van der Waals surface area contributed by atoms with Gasteiger partial charge in [0.15, 0.2) is 5.76 Å².